The molecule has 2 aromatic rings. The number of nitrogens with zero attached hydrogens (tertiary/aromatic N) is 1. The van der Waals surface area contributed by atoms with Gasteiger partial charge in [0.1, 0.15) is 11.8 Å². The fourth-order valence-corrected chi connectivity index (χ4v) is 3.26. The van der Waals surface area contributed by atoms with Crippen LogP contribution in [0.15, 0.2) is 48.5 Å². The van der Waals surface area contributed by atoms with Crippen molar-refractivity contribution in [3.63, 3.8) is 0 Å². The van der Waals surface area contributed by atoms with E-state index in [0.29, 0.717) is 17.3 Å². The highest BCUT2D eigenvalue weighted by Gasteiger charge is 2.27. The van der Waals surface area contributed by atoms with Gasteiger partial charge in [-0.05, 0) is 48.1 Å². The number of carbonyl (C=O) groups is 2. The second-order valence-corrected chi connectivity index (χ2v) is 9.05. The van der Waals surface area contributed by atoms with E-state index >= 15 is 0 Å². The molecule has 0 aromatic heterocycles. The van der Waals surface area contributed by atoms with Crippen molar-refractivity contribution in [2.75, 3.05) is 13.2 Å². The van der Waals surface area contributed by atoms with Crippen LogP contribution in [0.2, 0.25) is 5.02 Å². The Hall–Kier alpha value is -2.53. The summed E-state index contributed by atoms with van der Waals surface area (Å²) in [4.78, 5) is 27.1. The standard InChI is InChI=1S/C25H33ClN2O3/c1-6-15-27-24(30)18(2)28(16-19-9-7-8-10-22(19)26)23(29)17-31-21-13-11-20(12-14-21)25(3,4)5/h7-14,18H,6,15-17H2,1-5H3,(H,27,30)/t18-/m1/s1. The molecule has 2 amide bonds. The van der Waals surface area contributed by atoms with Crippen molar-refractivity contribution in [3.8, 4) is 5.75 Å². The van der Waals surface area contributed by atoms with E-state index in [1.54, 1.807) is 13.0 Å². The number of rotatable bonds is 9. The summed E-state index contributed by atoms with van der Waals surface area (Å²) in [5, 5.41) is 3.41. The van der Waals surface area contributed by atoms with Gasteiger partial charge < -0.3 is 15.0 Å². The summed E-state index contributed by atoms with van der Waals surface area (Å²) in [5.74, 6) is 0.137. The number of halogens is 1. The number of benzene rings is 2. The predicted molar refractivity (Wildman–Crippen MR) is 125 cm³/mol. The van der Waals surface area contributed by atoms with Gasteiger partial charge in [0.2, 0.25) is 5.91 Å². The molecule has 2 rings (SSSR count). The van der Waals surface area contributed by atoms with Gasteiger partial charge in [-0.1, -0.05) is 69.6 Å². The predicted octanol–water partition coefficient (Wildman–Crippen LogP) is 4.96. The van der Waals surface area contributed by atoms with Crippen molar-refractivity contribution >= 4 is 23.4 Å². The Labute approximate surface area is 190 Å². The summed E-state index contributed by atoms with van der Waals surface area (Å²) < 4.78 is 5.74. The van der Waals surface area contributed by atoms with Gasteiger partial charge in [0, 0.05) is 18.1 Å². The smallest absolute Gasteiger partial charge is 0.261 e. The van der Waals surface area contributed by atoms with Crippen molar-refractivity contribution in [2.45, 2.75) is 59.0 Å². The summed E-state index contributed by atoms with van der Waals surface area (Å²) in [6.07, 6.45) is 0.824. The molecule has 0 aliphatic heterocycles. The monoisotopic (exact) mass is 444 g/mol. The Bertz CT molecular complexity index is 875. The molecule has 0 heterocycles. The van der Waals surface area contributed by atoms with Crippen LogP contribution in [0.25, 0.3) is 0 Å². The number of carbonyl (C=O) groups excluding carboxylic acids is 2. The summed E-state index contributed by atoms with van der Waals surface area (Å²) in [6.45, 7) is 10.8. The zero-order valence-corrected chi connectivity index (χ0v) is 19.8. The summed E-state index contributed by atoms with van der Waals surface area (Å²) in [5.41, 5.74) is 2.01. The minimum Gasteiger partial charge on any atom is -0.484 e. The lowest BCUT2D eigenvalue weighted by molar-refractivity contribution is -0.142. The number of hydrogen-bond donors (Lipinski definition) is 1. The van der Waals surface area contributed by atoms with Crippen LogP contribution in [-0.2, 0) is 21.5 Å². The van der Waals surface area contributed by atoms with Gasteiger partial charge in [-0.15, -0.1) is 0 Å². The van der Waals surface area contributed by atoms with Gasteiger partial charge in [0.05, 0.1) is 0 Å². The van der Waals surface area contributed by atoms with Gasteiger partial charge in [-0.3, -0.25) is 9.59 Å². The molecule has 0 spiro atoms. The average Bonchev–Trinajstić information content (AvgIpc) is 2.74. The minimum atomic E-state index is -0.651. The summed E-state index contributed by atoms with van der Waals surface area (Å²) >= 11 is 6.30. The SMILES string of the molecule is CCCNC(=O)[C@@H](C)N(Cc1ccccc1Cl)C(=O)COc1ccc(C(C)(C)C)cc1. The topological polar surface area (TPSA) is 58.6 Å². The molecule has 0 radical (unpaired) electrons. The number of amides is 2. The first kappa shape index (κ1) is 24.7. The Kier molecular flexibility index (Phi) is 8.93. The van der Waals surface area contributed by atoms with E-state index in [1.807, 2.05) is 49.4 Å². The van der Waals surface area contributed by atoms with Gasteiger partial charge in [0.15, 0.2) is 6.61 Å². The molecule has 31 heavy (non-hydrogen) atoms. The van der Waals surface area contributed by atoms with Gasteiger partial charge in [-0.25, -0.2) is 0 Å². The number of nitrogens with one attached hydrogen (secondary N) is 1. The third-order valence-electron chi connectivity index (χ3n) is 5.10. The van der Waals surface area contributed by atoms with Crippen molar-refractivity contribution in [2.24, 2.45) is 0 Å². The molecular formula is C25H33ClN2O3. The van der Waals surface area contributed by atoms with Crippen molar-refractivity contribution in [1.29, 1.82) is 0 Å². The van der Waals surface area contributed by atoms with Crippen molar-refractivity contribution in [3.05, 3.63) is 64.7 Å². The van der Waals surface area contributed by atoms with E-state index in [2.05, 4.69) is 26.1 Å². The number of ether oxygens (including phenoxy) is 1. The lowest BCUT2D eigenvalue weighted by Gasteiger charge is -2.29. The van der Waals surface area contributed by atoms with Crippen molar-refractivity contribution < 1.29 is 14.3 Å². The molecule has 0 aliphatic carbocycles. The van der Waals surface area contributed by atoms with E-state index in [1.165, 1.54) is 10.5 Å². The first-order valence-electron chi connectivity index (χ1n) is 10.7. The summed E-state index contributed by atoms with van der Waals surface area (Å²) in [6, 6.07) is 14.4. The Morgan fingerprint density at radius 1 is 1.10 bits per heavy atom. The molecule has 0 unspecified atom stereocenters. The van der Waals surface area contributed by atoms with Gasteiger partial charge >= 0.3 is 0 Å². The molecule has 0 bridgehead atoms. The zero-order valence-electron chi connectivity index (χ0n) is 19.1. The summed E-state index contributed by atoms with van der Waals surface area (Å²) in [7, 11) is 0. The fourth-order valence-electron chi connectivity index (χ4n) is 3.07. The molecule has 1 N–H and O–H groups in total. The van der Waals surface area contributed by atoms with Gasteiger partial charge in [0.25, 0.3) is 5.91 Å². The number of hydrogen-bond acceptors (Lipinski definition) is 3. The Morgan fingerprint density at radius 2 is 1.74 bits per heavy atom. The largest absolute Gasteiger partial charge is 0.484 e. The molecule has 5 nitrogen and oxygen atoms in total. The van der Waals surface area contributed by atoms with E-state index in [9.17, 15) is 9.59 Å². The molecule has 0 saturated carbocycles. The average molecular weight is 445 g/mol. The van der Waals surface area contributed by atoms with Crippen LogP contribution in [0.3, 0.4) is 0 Å². The van der Waals surface area contributed by atoms with Crippen LogP contribution in [0.5, 0.6) is 5.75 Å². The molecule has 2 aromatic carbocycles. The maximum atomic E-state index is 13.1. The van der Waals surface area contributed by atoms with E-state index in [0.717, 1.165) is 12.0 Å². The molecule has 168 valence electrons. The maximum Gasteiger partial charge on any atom is 0.261 e. The van der Waals surface area contributed by atoms with Crippen LogP contribution in [0.4, 0.5) is 0 Å². The highest BCUT2D eigenvalue weighted by atomic mass is 35.5. The first-order valence-corrected chi connectivity index (χ1v) is 11.0. The van der Waals surface area contributed by atoms with Crippen LogP contribution >= 0.6 is 11.6 Å². The van der Waals surface area contributed by atoms with Crippen LogP contribution < -0.4 is 10.1 Å². The highest BCUT2D eigenvalue weighted by molar-refractivity contribution is 6.31. The quantitative estimate of drug-likeness (QED) is 0.594. The lowest BCUT2D eigenvalue weighted by atomic mass is 9.87. The molecule has 0 saturated heterocycles. The molecule has 1 atom stereocenters. The van der Waals surface area contributed by atoms with Gasteiger partial charge in [-0.2, -0.15) is 0 Å². The lowest BCUT2D eigenvalue weighted by Crippen LogP contribution is -2.49. The van der Waals surface area contributed by atoms with E-state index < -0.39 is 6.04 Å². The molecule has 0 fully saturated rings. The zero-order chi connectivity index (χ0) is 23.0. The second kappa shape index (κ2) is 11.2. The van der Waals surface area contributed by atoms with Crippen LogP contribution in [0.1, 0.15) is 52.2 Å². The third kappa shape index (κ3) is 7.28. The van der Waals surface area contributed by atoms with E-state index in [-0.39, 0.29) is 30.4 Å². The maximum absolute atomic E-state index is 13.1. The minimum absolute atomic E-state index is 0.0430. The van der Waals surface area contributed by atoms with Crippen LogP contribution in [0, 0.1) is 0 Å². The molecule has 0 aliphatic rings. The van der Waals surface area contributed by atoms with Crippen molar-refractivity contribution in [1.82, 2.24) is 10.2 Å². The Morgan fingerprint density at radius 3 is 2.32 bits per heavy atom. The Balaban J connectivity index is 2.13. The second-order valence-electron chi connectivity index (χ2n) is 8.64. The normalized spacial score (nSPS) is 12.2. The highest BCUT2D eigenvalue weighted by Crippen LogP contribution is 2.24. The van der Waals surface area contributed by atoms with E-state index in [4.69, 9.17) is 16.3 Å². The van der Waals surface area contributed by atoms with Crippen LogP contribution in [-0.4, -0.2) is 35.9 Å². The third-order valence-corrected chi connectivity index (χ3v) is 5.47. The fraction of sp³-hybridized carbons (Fsp3) is 0.440. The molecule has 6 heteroatoms. The molecular weight excluding hydrogens is 412 g/mol. The first-order chi connectivity index (χ1) is 14.6.